The van der Waals surface area contributed by atoms with Gasteiger partial charge in [-0.15, -0.1) is 0 Å². The second kappa shape index (κ2) is 5.17. The van der Waals surface area contributed by atoms with Crippen LogP contribution in [0.3, 0.4) is 0 Å². The zero-order valence-corrected chi connectivity index (χ0v) is 12.3. The van der Waals surface area contributed by atoms with Crippen molar-refractivity contribution < 1.29 is 14.6 Å². The monoisotopic (exact) mass is 277 g/mol. The van der Waals surface area contributed by atoms with E-state index in [0.717, 1.165) is 30.9 Å². The van der Waals surface area contributed by atoms with Crippen LogP contribution in [0.4, 0.5) is 0 Å². The van der Waals surface area contributed by atoms with Gasteiger partial charge in [-0.1, -0.05) is 13.8 Å². The summed E-state index contributed by atoms with van der Waals surface area (Å²) in [4.78, 5) is 2.42. The predicted molar refractivity (Wildman–Crippen MR) is 77.1 cm³/mol. The predicted octanol–water partition coefficient (Wildman–Crippen LogP) is 3.13. The van der Waals surface area contributed by atoms with Crippen LogP contribution < -0.4 is 9.47 Å². The number of hydrogen-bond acceptors (Lipinski definition) is 4. The molecule has 0 saturated carbocycles. The first-order chi connectivity index (χ1) is 9.53. The minimum Gasteiger partial charge on any atom is -0.507 e. The summed E-state index contributed by atoms with van der Waals surface area (Å²) in [6.07, 6.45) is 3.70. The number of likely N-dealkylation sites (tertiary alicyclic amines) is 1. The molecule has 1 N–H and O–H groups in total. The van der Waals surface area contributed by atoms with Crippen molar-refractivity contribution in [3.8, 4) is 17.2 Å². The van der Waals surface area contributed by atoms with Crippen molar-refractivity contribution in [3.05, 3.63) is 17.7 Å². The van der Waals surface area contributed by atoms with Crippen LogP contribution >= 0.6 is 0 Å². The molecule has 2 aliphatic heterocycles. The van der Waals surface area contributed by atoms with Gasteiger partial charge in [0.05, 0.1) is 0 Å². The summed E-state index contributed by atoms with van der Waals surface area (Å²) >= 11 is 0. The summed E-state index contributed by atoms with van der Waals surface area (Å²) in [5.74, 6) is 1.69. The fraction of sp³-hybridized carbons (Fsp3) is 0.625. The zero-order chi connectivity index (χ0) is 14.2. The third-order valence-electron chi connectivity index (χ3n) is 4.40. The lowest BCUT2D eigenvalue weighted by Crippen LogP contribution is -2.25. The van der Waals surface area contributed by atoms with E-state index in [9.17, 15) is 5.11 Å². The minimum atomic E-state index is 0.246. The van der Waals surface area contributed by atoms with Crippen molar-refractivity contribution in [1.29, 1.82) is 0 Å². The van der Waals surface area contributed by atoms with Gasteiger partial charge in [0.1, 0.15) is 5.75 Å². The molecule has 110 valence electrons. The average Bonchev–Trinajstić information content (AvgIpc) is 2.75. The molecule has 1 fully saturated rings. The van der Waals surface area contributed by atoms with Crippen molar-refractivity contribution in [2.45, 2.75) is 39.7 Å². The Kier molecular flexibility index (Phi) is 3.50. The molecule has 2 aliphatic rings. The van der Waals surface area contributed by atoms with Gasteiger partial charge in [0, 0.05) is 18.2 Å². The molecule has 2 heterocycles. The summed E-state index contributed by atoms with van der Waals surface area (Å²) in [5.41, 5.74) is 1.36. The fourth-order valence-electron chi connectivity index (χ4n) is 2.98. The first kappa shape index (κ1) is 13.6. The van der Waals surface area contributed by atoms with Crippen LogP contribution in [0.25, 0.3) is 0 Å². The third kappa shape index (κ3) is 2.85. The molecule has 0 unspecified atom stereocenters. The number of benzene rings is 1. The van der Waals surface area contributed by atoms with Crippen molar-refractivity contribution >= 4 is 0 Å². The third-order valence-corrected chi connectivity index (χ3v) is 4.40. The first-order valence-corrected chi connectivity index (χ1v) is 7.37. The van der Waals surface area contributed by atoms with Gasteiger partial charge >= 0.3 is 0 Å². The maximum absolute atomic E-state index is 10.1. The molecule has 0 aromatic heterocycles. The Morgan fingerprint density at radius 1 is 1.15 bits per heavy atom. The number of hydrogen-bond donors (Lipinski definition) is 1. The highest BCUT2D eigenvalue weighted by atomic mass is 16.7. The van der Waals surface area contributed by atoms with Crippen LogP contribution in [0.5, 0.6) is 17.2 Å². The summed E-state index contributed by atoms with van der Waals surface area (Å²) in [6, 6.07) is 3.58. The SMILES string of the molecule is CC1(C)CCCN(Cc2cc3c(cc2O)OCO3)CC1. The summed E-state index contributed by atoms with van der Waals surface area (Å²) in [7, 11) is 0. The number of rotatable bonds is 2. The molecule has 4 nitrogen and oxygen atoms in total. The smallest absolute Gasteiger partial charge is 0.231 e. The van der Waals surface area contributed by atoms with Gasteiger partial charge in [0.2, 0.25) is 6.79 Å². The molecule has 1 aromatic carbocycles. The Morgan fingerprint density at radius 2 is 1.90 bits per heavy atom. The standard InChI is InChI=1S/C16H23NO3/c1-16(2)4-3-6-17(7-5-16)10-12-8-14-15(9-13(12)18)20-11-19-14/h8-9,18H,3-7,10-11H2,1-2H3. The number of fused-ring (bicyclic) bond motifs is 1. The van der Waals surface area contributed by atoms with Crippen LogP contribution in [0.15, 0.2) is 12.1 Å². The van der Waals surface area contributed by atoms with Crippen LogP contribution in [-0.2, 0) is 6.54 Å². The van der Waals surface area contributed by atoms with Crippen LogP contribution in [0.1, 0.15) is 38.7 Å². The number of aromatic hydroxyl groups is 1. The highest BCUT2D eigenvalue weighted by Crippen LogP contribution is 2.38. The first-order valence-electron chi connectivity index (χ1n) is 7.37. The average molecular weight is 277 g/mol. The normalized spacial score (nSPS) is 21.7. The van der Waals surface area contributed by atoms with Crippen molar-refractivity contribution in [2.75, 3.05) is 19.9 Å². The molecule has 20 heavy (non-hydrogen) atoms. The molecule has 1 saturated heterocycles. The van der Waals surface area contributed by atoms with Crippen molar-refractivity contribution in [3.63, 3.8) is 0 Å². The quantitative estimate of drug-likeness (QED) is 0.901. The number of ether oxygens (including phenoxy) is 2. The Bertz CT molecular complexity index is 499. The van der Waals surface area contributed by atoms with E-state index >= 15 is 0 Å². The van der Waals surface area contributed by atoms with E-state index in [1.165, 1.54) is 19.3 Å². The molecule has 0 radical (unpaired) electrons. The lowest BCUT2D eigenvalue weighted by molar-refractivity contribution is 0.173. The second-order valence-corrected chi connectivity index (χ2v) is 6.63. The van der Waals surface area contributed by atoms with Gasteiger partial charge in [0.25, 0.3) is 0 Å². The highest BCUT2D eigenvalue weighted by Gasteiger charge is 2.24. The van der Waals surface area contributed by atoms with Crippen LogP contribution in [0.2, 0.25) is 0 Å². The summed E-state index contributed by atoms with van der Waals surface area (Å²) in [6.45, 7) is 7.88. The van der Waals surface area contributed by atoms with E-state index in [1.807, 2.05) is 6.07 Å². The maximum atomic E-state index is 10.1. The highest BCUT2D eigenvalue weighted by molar-refractivity contribution is 5.51. The molecule has 0 bridgehead atoms. The zero-order valence-electron chi connectivity index (χ0n) is 12.3. The topological polar surface area (TPSA) is 41.9 Å². The van der Waals surface area contributed by atoms with Gasteiger partial charge in [-0.2, -0.15) is 0 Å². The van der Waals surface area contributed by atoms with E-state index < -0.39 is 0 Å². The lowest BCUT2D eigenvalue weighted by Gasteiger charge is -2.23. The molecule has 1 aromatic rings. The molecular weight excluding hydrogens is 254 g/mol. The van der Waals surface area contributed by atoms with E-state index in [1.54, 1.807) is 6.07 Å². The maximum Gasteiger partial charge on any atom is 0.231 e. The Morgan fingerprint density at radius 3 is 2.70 bits per heavy atom. The second-order valence-electron chi connectivity index (χ2n) is 6.63. The molecule has 0 aliphatic carbocycles. The fourth-order valence-corrected chi connectivity index (χ4v) is 2.98. The lowest BCUT2D eigenvalue weighted by atomic mass is 9.85. The van der Waals surface area contributed by atoms with Gasteiger partial charge in [-0.3, -0.25) is 4.90 Å². The molecule has 0 amide bonds. The molecule has 3 rings (SSSR count). The molecular formula is C16H23NO3. The molecule has 4 heteroatoms. The Hall–Kier alpha value is -1.42. The van der Waals surface area contributed by atoms with Gasteiger partial charge < -0.3 is 14.6 Å². The van der Waals surface area contributed by atoms with Crippen LogP contribution in [0, 0.1) is 5.41 Å². The summed E-state index contributed by atoms with van der Waals surface area (Å²) < 4.78 is 10.7. The van der Waals surface area contributed by atoms with Crippen LogP contribution in [-0.4, -0.2) is 29.9 Å². The van der Waals surface area contributed by atoms with Gasteiger partial charge in [0.15, 0.2) is 11.5 Å². The van der Waals surface area contributed by atoms with E-state index in [2.05, 4.69) is 18.7 Å². The van der Waals surface area contributed by atoms with Crippen molar-refractivity contribution in [1.82, 2.24) is 4.90 Å². The Balaban J connectivity index is 1.71. The van der Waals surface area contributed by atoms with Gasteiger partial charge in [-0.25, -0.2) is 0 Å². The minimum absolute atomic E-state index is 0.246. The van der Waals surface area contributed by atoms with Gasteiger partial charge in [-0.05, 0) is 43.8 Å². The van der Waals surface area contributed by atoms with Crippen molar-refractivity contribution in [2.24, 2.45) is 5.41 Å². The molecule has 0 atom stereocenters. The number of phenolic OH excluding ortho intramolecular Hbond substituents is 1. The largest absolute Gasteiger partial charge is 0.507 e. The Labute approximate surface area is 120 Å². The van der Waals surface area contributed by atoms with E-state index in [-0.39, 0.29) is 6.79 Å². The summed E-state index contributed by atoms with van der Waals surface area (Å²) in [5, 5.41) is 10.1. The number of nitrogens with zero attached hydrogens (tertiary/aromatic N) is 1. The number of phenols is 1. The van der Waals surface area contributed by atoms with E-state index in [0.29, 0.717) is 16.9 Å². The molecule has 0 spiro atoms. The van der Waals surface area contributed by atoms with E-state index in [4.69, 9.17) is 9.47 Å².